The summed E-state index contributed by atoms with van der Waals surface area (Å²) in [6.45, 7) is 9.12. The molecule has 0 radical (unpaired) electrons. The number of carbonyl (C=O) groups is 2. The first-order valence-electron chi connectivity index (χ1n) is 17.8. The molecule has 2 saturated heterocycles. The molecular formula is C36H45N11O2. The molecule has 0 saturated carbocycles. The number of rotatable bonds is 7. The van der Waals surface area contributed by atoms with Crippen LogP contribution in [-0.2, 0) is 31.2 Å². The molecule has 256 valence electrons. The minimum Gasteiger partial charge on any atom is -0.355 e. The van der Waals surface area contributed by atoms with Gasteiger partial charge < -0.3 is 19.6 Å². The standard InChI is InChI=1S/C36H45N11O2/c1-25(49)45-17-11-33-31(23-45)36(46-12-3-4-27-18-32(37-20-34(27)46)28-19-38-42(2)22-28)41-47(33)30-9-13-43(14-10-30)21-26-7-15-44(16-8-26)35-6-5-29(24-48)39-40-35/h5-6,18-20,22,24,26,30H,3-4,7-17,21,23H2,1-2H3. The van der Waals surface area contributed by atoms with Crippen molar-refractivity contribution in [2.75, 3.05) is 55.6 Å². The van der Waals surface area contributed by atoms with E-state index < -0.39 is 0 Å². The van der Waals surface area contributed by atoms with Crippen LogP contribution in [0.2, 0.25) is 0 Å². The smallest absolute Gasteiger partial charge is 0.219 e. The molecular weight excluding hydrogens is 618 g/mol. The van der Waals surface area contributed by atoms with Crippen molar-refractivity contribution in [2.45, 2.75) is 64.5 Å². The lowest BCUT2D eigenvalue weighted by molar-refractivity contribution is -0.129. The number of aldehydes is 1. The maximum absolute atomic E-state index is 12.5. The Hall–Kier alpha value is -4.65. The van der Waals surface area contributed by atoms with E-state index in [0.29, 0.717) is 24.2 Å². The van der Waals surface area contributed by atoms with Gasteiger partial charge in [-0.2, -0.15) is 10.2 Å². The molecule has 0 spiro atoms. The van der Waals surface area contributed by atoms with Crippen molar-refractivity contribution in [1.29, 1.82) is 0 Å². The van der Waals surface area contributed by atoms with Gasteiger partial charge >= 0.3 is 0 Å². The van der Waals surface area contributed by atoms with Crippen LogP contribution in [0.3, 0.4) is 0 Å². The van der Waals surface area contributed by atoms with Crippen LogP contribution in [-0.4, -0.2) is 103 Å². The zero-order valence-electron chi connectivity index (χ0n) is 28.5. The predicted molar refractivity (Wildman–Crippen MR) is 186 cm³/mol. The molecule has 4 aromatic heterocycles. The van der Waals surface area contributed by atoms with Gasteiger partial charge in [0.25, 0.3) is 0 Å². The summed E-state index contributed by atoms with van der Waals surface area (Å²) in [7, 11) is 1.93. The van der Waals surface area contributed by atoms with Crippen LogP contribution >= 0.6 is 0 Å². The molecule has 0 unspecified atom stereocenters. The molecule has 0 atom stereocenters. The van der Waals surface area contributed by atoms with Gasteiger partial charge in [-0.25, -0.2) is 0 Å². The fourth-order valence-corrected chi connectivity index (χ4v) is 8.25. The van der Waals surface area contributed by atoms with Crippen LogP contribution in [0, 0.1) is 5.92 Å². The summed E-state index contributed by atoms with van der Waals surface area (Å²) < 4.78 is 4.16. The predicted octanol–water partition coefficient (Wildman–Crippen LogP) is 3.82. The van der Waals surface area contributed by atoms with Gasteiger partial charge in [0.05, 0.1) is 36.4 Å². The molecule has 4 aliphatic rings. The van der Waals surface area contributed by atoms with E-state index in [2.05, 4.69) is 40.7 Å². The first kappa shape index (κ1) is 31.6. The van der Waals surface area contributed by atoms with E-state index in [-0.39, 0.29) is 5.91 Å². The van der Waals surface area contributed by atoms with E-state index >= 15 is 0 Å². The molecule has 13 nitrogen and oxygen atoms in total. The number of pyridine rings is 1. The fraction of sp³-hybridized carbons (Fsp3) is 0.528. The molecule has 49 heavy (non-hydrogen) atoms. The van der Waals surface area contributed by atoms with Crippen LogP contribution in [0.25, 0.3) is 11.3 Å². The Morgan fingerprint density at radius 2 is 1.82 bits per heavy atom. The Kier molecular flexibility index (Phi) is 8.60. The number of carbonyl (C=O) groups excluding carboxylic acids is 2. The Balaban J connectivity index is 0.963. The zero-order chi connectivity index (χ0) is 33.5. The third kappa shape index (κ3) is 6.31. The van der Waals surface area contributed by atoms with Gasteiger partial charge in [0.1, 0.15) is 5.69 Å². The van der Waals surface area contributed by atoms with E-state index in [1.807, 2.05) is 41.3 Å². The molecule has 8 heterocycles. The number of aromatic nitrogens is 7. The summed E-state index contributed by atoms with van der Waals surface area (Å²) in [6.07, 6.45) is 13.9. The van der Waals surface area contributed by atoms with Gasteiger partial charge in [-0.3, -0.25) is 23.9 Å². The van der Waals surface area contributed by atoms with Gasteiger partial charge in [-0.1, -0.05) is 0 Å². The number of hydrogen-bond donors (Lipinski definition) is 0. The summed E-state index contributed by atoms with van der Waals surface area (Å²) in [5.41, 5.74) is 7.25. The van der Waals surface area contributed by atoms with Gasteiger partial charge in [-0.05, 0) is 68.2 Å². The lowest BCUT2D eigenvalue weighted by Crippen LogP contribution is -2.42. The normalized spacial score (nSPS) is 19.2. The average Bonchev–Trinajstić information content (AvgIpc) is 3.75. The highest BCUT2D eigenvalue weighted by molar-refractivity contribution is 5.75. The number of nitrogens with zero attached hydrogens (tertiary/aromatic N) is 11. The Bertz CT molecular complexity index is 1820. The zero-order valence-corrected chi connectivity index (χ0v) is 28.5. The fourth-order valence-electron chi connectivity index (χ4n) is 8.25. The van der Waals surface area contributed by atoms with Crippen LogP contribution < -0.4 is 9.80 Å². The molecule has 0 aromatic carbocycles. The SMILES string of the molecule is CC(=O)N1CCc2c(c(N3CCCc4cc(-c5cnn(C)c5)ncc43)nn2C2CCN(CC3CCN(c4ccc(C=O)nn4)CC3)CC2)C1. The molecule has 0 aliphatic carbocycles. The minimum atomic E-state index is 0.119. The third-order valence-corrected chi connectivity index (χ3v) is 11.0. The maximum Gasteiger partial charge on any atom is 0.219 e. The van der Waals surface area contributed by atoms with E-state index in [1.165, 1.54) is 16.8 Å². The number of amides is 1. The summed E-state index contributed by atoms with van der Waals surface area (Å²) >= 11 is 0. The largest absolute Gasteiger partial charge is 0.355 e. The lowest BCUT2D eigenvalue weighted by atomic mass is 9.94. The lowest BCUT2D eigenvalue weighted by Gasteiger charge is -2.38. The van der Waals surface area contributed by atoms with Crippen molar-refractivity contribution in [3.63, 3.8) is 0 Å². The van der Waals surface area contributed by atoms with E-state index in [0.717, 1.165) is 126 Å². The number of likely N-dealkylation sites (tertiary alicyclic amines) is 1. The summed E-state index contributed by atoms with van der Waals surface area (Å²) in [4.78, 5) is 37.6. The maximum atomic E-state index is 12.5. The molecule has 8 rings (SSSR count). The second kappa shape index (κ2) is 13.3. The monoisotopic (exact) mass is 663 g/mol. The third-order valence-electron chi connectivity index (χ3n) is 11.0. The average molecular weight is 664 g/mol. The van der Waals surface area contributed by atoms with Crippen LogP contribution in [0.5, 0.6) is 0 Å². The van der Waals surface area contributed by atoms with E-state index in [9.17, 15) is 9.59 Å². The number of hydrogen-bond acceptors (Lipinski definition) is 10. The van der Waals surface area contributed by atoms with Crippen LogP contribution in [0.1, 0.15) is 72.4 Å². The highest BCUT2D eigenvalue weighted by Gasteiger charge is 2.34. The Morgan fingerprint density at radius 3 is 2.53 bits per heavy atom. The van der Waals surface area contributed by atoms with Crippen molar-refractivity contribution in [2.24, 2.45) is 13.0 Å². The van der Waals surface area contributed by atoms with E-state index in [1.54, 1.807) is 13.0 Å². The first-order valence-corrected chi connectivity index (χ1v) is 17.8. The molecule has 0 N–H and O–H groups in total. The van der Waals surface area contributed by atoms with Crippen molar-refractivity contribution >= 4 is 29.5 Å². The van der Waals surface area contributed by atoms with Gasteiger partial charge in [0.2, 0.25) is 5.91 Å². The van der Waals surface area contributed by atoms with Crippen LogP contribution in [0.4, 0.5) is 17.3 Å². The first-order chi connectivity index (χ1) is 23.9. The number of anilines is 3. The summed E-state index contributed by atoms with van der Waals surface area (Å²) in [5.74, 6) is 2.65. The van der Waals surface area contributed by atoms with Gasteiger partial charge in [0, 0.05) is 89.2 Å². The van der Waals surface area contributed by atoms with Crippen LogP contribution in [0.15, 0.2) is 36.8 Å². The molecule has 4 aromatic rings. The van der Waals surface area contributed by atoms with Gasteiger partial charge in [0.15, 0.2) is 17.9 Å². The molecule has 2 fully saturated rings. The second-order valence-corrected chi connectivity index (χ2v) is 14.1. The quantitative estimate of drug-likeness (QED) is 0.270. The Morgan fingerprint density at radius 1 is 0.980 bits per heavy atom. The van der Waals surface area contributed by atoms with Gasteiger partial charge in [-0.15, -0.1) is 10.2 Å². The Labute approximate surface area is 286 Å². The topological polar surface area (TPSA) is 121 Å². The summed E-state index contributed by atoms with van der Waals surface area (Å²) in [6, 6.07) is 6.21. The molecule has 4 aliphatic heterocycles. The van der Waals surface area contributed by atoms with Crippen molar-refractivity contribution in [1.82, 2.24) is 44.5 Å². The van der Waals surface area contributed by atoms with E-state index in [4.69, 9.17) is 10.1 Å². The summed E-state index contributed by atoms with van der Waals surface area (Å²) in [5, 5.41) is 18.0. The number of piperidine rings is 2. The highest BCUT2D eigenvalue weighted by atomic mass is 16.2. The van der Waals surface area contributed by atoms with Crippen molar-refractivity contribution < 1.29 is 9.59 Å². The molecule has 1 amide bonds. The van der Waals surface area contributed by atoms with Crippen molar-refractivity contribution in [3.05, 3.63) is 59.3 Å². The number of fused-ring (bicyclic) bond motifs is 2. The van der Waals surface area contributed by atoms with Crippen molar-refractivity contribution in [3.8, 4) is 11.3 Å². The second-order valence-electron chi connectivity index (χ2n) is 14.1. The minimum absolute atomic E-state index is 0.119. The molecule has 13 heteroatoms. The number of aryl methyl sites for hydroxylation is 2. The highest BCUT2D eigenvalue weighted by Crippen LogP contribution is 2.40. The molecule has 0 bridgehead atoms.